The van der Waals surface area contributed by atoms with E-state index in [0.717, 1.165) is 13.0 Å². The lowest BCUT2D eigenvalue weighted by Crippen LogP contribution is -1.86. The Labute approximate surface area is 50.3 Å². The third-order valence-corrected chi connectivity index (χ3v) is 0.791. The van der Waals surface area contributed by atoms with E-state index in [-0.39, 0.29) is 0 Å². The molecule has 0 heterocycles. The maximum Gasteiger partial charge on any atom is 0.0983 e. The summed E-state index contributed by atoms with van der Waals surface area (Å²) in [6, 6.07) is 0. The fraction of sp³-hybridized carbons (Fsp3) is 0.667. The first-order valence-electron chi connectivity index (χ1n) is 2.90. The Morgan fingerprint density at radius 1 is 1.62 bits per heavy atom. The van der Waals surface area contributed by atoms with Crippen molar-refractivity contribution in [1.82, 2.24) is 0 Å². The summed E-state index contributed by atoms with van der Waals surface area (Å²) in [5.41, 5.74) is 5.01. The minimum Gasteiger partial charge on any atom is -0.500 e. The SMILES string of the molecule is CCCCO/C=C\N. The van der Waals surface area contributed by atoms with Gasteiger partial charge in [-0.25, -0.2) is 0 Å². The molecule has 0 aliphatic heterocycles. The van der Waals surface area contributed by atoms with Gasteiger partial charge in [-0.3, -0.25) is 0 Å². The zero-order valence-electron chi connectivity index (χ0n) is 5.26. The van der Waals surface area contributed by atoms with E-state index in [1.807, 2.05) is 0 Å². The zero-order chi connectivity index (χ0) is 6.24. The van der Waals surface area contributed by atoms with Crippen LogP contribution in [0.15, 0.2) is 12.5 Å². The molecule has 0 saturated heterocycles. The second-order valence-electron chi connectivity index (χ2n) is 1.55. The lowest BCUT2D eigenvalue weighted by Gasteiger charge is -1.94. The van der Waals surface area contributed by atoms with E-state index in [1.54, 1.807) is 0 Å². The highest BCUT2D eigenvalue weighted by molar-refractivity contribution is 4.62. The number of nitrogens with two attached hydrogens (primary N) is 1. The Hall–Kier alpha value is -0.660. The van der Waals surface area contributed by atoms with Crippen molar-refractivity contribution in [2.75, 3.05) is 6.61 Å². The molecule has 0 saturated carbocycles. The van der Waals surface area contributed by atoms with Gasteiger partial charge in [0.25, 0.3) is 0 Å². The smallest absolute Gasteiger partial charge is 0.0983 e. The van der Waals surface area contributed by atoms with Gasteiger partial charge in [-0.2, -0.15) is 0 Å². The number of hydrogen-bond acceptors (Lipinski definition) is 2. The van der Waals surface area contributed by atoms with Crippen LogP contribution in [0.4, 0.5) is 0 Å². The van der Waals surface area contributed by atoms with Gasteiger partial charge in [-0.1, -0.05) is 13.3 Å². The second-order valence-corrected chi connectivity index (χ2v) is 1.55. The van der Waals surface area contributed by atoms with Crippen LogP contribution < -0.4 is 5.73 Å². The minimum atomic E-state index is 0.782. The van der Waals surface area contributed by atoms with Crippen LogP contribution in [-0.2, 0) is 4.74 Å². The Kier molecular flexibility index (Phi) is 5.82. The molecular weight excluding hydrogens is 102 g/mol. The number of hydrogen-bond donors (Lipinski definition) is 1. The molecular formula is C6H13NO. The van der Waals surface area contributed by atoms with Gasteiger partial charge in [-0.05, 0) is 6.42 Å². The van der Waals surface area contributed by atoms with E-state index >= 15 is 0 Å². The van der Waals surface area contributed by atoms with Crippen LogP contribution >= 0.6 is 0 Å². The average Bonchev–Trinajstić information content (AvgIpc) is 1.81. The molecule has 0 aromatic rings. The summed E-state index contributed by atoms with van der Waals surface area (Å²) in [5, 5.41) is 0. The quantitative estimate of drug-likeness (QED) is 0.442. The van der Waals surface area contributed by atoms with E-state index in [2.05, 4.69) is 6.92 Å². The molecule has 0 unspecified atom stereocenters. The lowest BCUT2D eigenvalue weighted by atomic mass is 10.4. The van der Waals surface area contributed by atoms with Gasteiger partial charge in [0.15, 0.2) is 0 Å². The van der Waals surface area contributed by atoms with Crippen LogP contribution in [-0.4, -0.2) is 6.61 Å². The molecule has 48 valence electrons. The minimum absolute atomic E-state index is 0.782. The highest BCUT2D eigenvalue weighted by Gasteiger charge is 1.77. The predicted octanol–water partition coefficient (Wildman–Crippen LogP) is 1.23. The molecule has 2 heteroatoms. The molecule has 2 N–H and O–H groups in total. The van der Waals surface area contributed by atoms with E-state index < -0.39 is 0 Å². The summed E-state index contributed by atoms with van der Waals surface area (Å²) in [5.74, 6) is 0. The standard InChI is InChI=1S/C6H13NO/c1-2-3-5-8-6-4-7/h4,6H,2-3,5,7H2,1H3/b6-4-. The maximum absolute atomic E-state index is 5.01. The van der Waals surface area contributed by atoms with Gasteiger partial charge in [0.2, 0.25) is 0 Å². The monoisotopic (exact) mass is 115 g/mol. The van der Waals surface area contributed by atoms with Crippen LogP contribution in [0.2, 0.25) is 0 Å². The topological polar surface area (TPSA) is 35.2 Å². The van der Waals surface area contributed by atoms with Crippen LogP contribution in [0.3, 0.4) is 0 Å². The van der Waals surface area contributed by atoms with Crippen LogP contribution in [0, 0.1) is 0 Å². The summed E-state index contributed by atoms with van der Waals surface area (Å²) in [6.45, 7) is 2.90. The summed E-state index contributed by atoms with van der Waals surface area (Å²) < 4.78 is 4.92. The summed E-state index contributed by atoms with van der Waals surface area (Å²) in [7, 11) is 0. The second kappa shape index (κ2) is 6.34. The van der Waals surface area contributed by atoms with E-state index in [1.165, 1.54) is 18.9 Å². The molecule has 0 aliphatic carbocycles. The summed E-state index contributed by atoms with van der Waals surface area (Å²) in [6.07, 6.45) is 5.17. The number of rotatable bonds is 4. The maximum atomic E-state index is 5.01. The molecule has 0 radical (unpaired) electrons. The molecule has 0 spiro atoms. The van der Waals surface area contributed by atoms with Crippen molar-refractivity contribution in [3.8, 4) is 0 Å². The Balaban J connectivity index is 2.72. The van der Waals surface area contributed by atoms with Crippen LogP contribution in [0.25, 0.3) is 0 Å². The Bertz CT molecular complexity index is 61.5. The molecule has 2 nitrogen and oxygen atoms in total. The van der Waals surface area contributed by atoms with Gasteiger partial charge in [0.05, 0.1) is 12.9 Å². The van der Waals surface area contributed by atoms with Crippen LogP contribution in [0.5, 0.6) is 0 Å². The number of ether oxygens (including phenoxy) is 1. The van der Waals surface area contributed by atoms with Gasteiger partial charge >= 0.3 is 0 Å². The van der Waals surface area contributed by atoms with Gasteiger partial charge in [-0.15, -0.1) is 0 Å². The summed E-state index contributed by atoms with van der Waals surface area (Å²) >= 11 is 0. The Morgan fingerprint density at radius 3 is 2.88 bits per heavy atom. The zero-order valence-corrected chi connectivity index (χ0v) is 5.26. The fourth-order valence-corrected chi connectivity index (χ4v) is 0.351. The fourth-order valence-electron chi connectivity index (χ4n) is 0.351. The average molecular weight is 115 g/mol. The van der Waals surface area contributed by atoms with Gasteiger partial charge in [0.1, 0.15) is 0 Å². The van der Waals surface area contributed by atoms with Crippen molar-refractivity contribution >= 4 is 0 Å². The number of unbranched alkanes of at least 4 members (excludes halogenated alkanes) is 1. The molecule has 0 amide bonds. The van der Waals surface area contributed by atoms with E-state index in [9.17, 15) is 0 Å². The highest BCUT2D eigenvalue weighted by Crippen LogP contribution is 1.86. The van der Waals surface area contributed by atoms with E-state index in [0.29, 0.717) is 0 Å². The van der Waals surface area contributed by atoms with E-state index in [4.69, 9.17) is 10.5 Å². The molecule has 0 aliphatic rings. The van der Waals surface area contributed by atoms with Gasteiger partial charge < -0.3 is 10.5 Å². The molecule has 0 atom stereocenters. The first-order chi connectivity index (χ1) is 3.91. The largest absolute Gasteiger partial charge is 0.500 e. The molecule has 0 aromatic carbocycles. The van der Waals surface area contributed by atoms with Crippen molar-refractivity contribution in [3.63, 3.8) is 0 Å². The van der Waals surface area contributed by atoms with Crippen molar-refractivity contribution in [1.29, 1.82) is 0 Å². The summed E-state index contributed by atoms with van der Waals surface area (Å²) in [4.78, 5) is 0. The molecule has 0 fully saturated rings. The highest BCUT2D eigenvalue weighted by atomic mass is 16.5. The van der Waals surface area contributed by atoms with Crippen molar-refractivity contribution in [2.24, 2.45) is 5.73 Å². The molecule has 8 heavy (non-hydrogen) atoms. The van der Waals surface area contributed by atoms with Crippen molar-refractivity contribution in [3.05, 3.63) is 12.5 Å². The van der Waals surface area contributed by atoms with Gasteiger partial charge in [0, 0.05) is 6.20 Å². The Morgan fingerprint density at radius 2 is 2.38 bits per heavy atom. The van der Waals surface area contributed by atoms with Crippen LogP contribution in [0.1, 0.15) is 19.8 Å². The third-order valence-electron chi connectivity index (χ3n) is 0.791. The predicted molar refractivity (Wildman–Crippen MR) is 34.2 cm³/mol. The van der Waals surface area contributed by atoms with Crippen molar-refractivity contribution in [2.45, 2.75) is 19.8 Å². The lowest BCUT2D eigenvalue weighted by molar-refractivity contribution is 0.243. The first-order valence-corrected chi connectivity index (χ1v) is 2.90. The molecule has 0 rings (SSSR count). The molecule has 0 bridgehead atoms. The van der Waals surface area contributed by atoms with Crippen molar-refractivity contribution < 1.29 is 4.74 Å². The first kappa shape index (κ1) is 7.34. The normalized spacial score (nSPS) is 10.1. The third kappa shape index (κ3) is 5.34. The molecule has 0 aromatic heterocycles.